The minimum Gasteiger partial charge on any atom is -0.374 e. The standard InChI is InChI=1S/C12H22F2N2O/c1-15-9-6-10-2-3-11(7-9)16(10)4-5-17-8-12(13)14/h9-12,15H,2-8H2,1H3. The maximum absolute atomic E-state index is 11.9. The Balaban J connectivity index is 1.72. The molecule has 2 atom stereocenters. The van der Waals surface area contributed by atoms with Crippen LogP contribution in [0, 0.1) is 0 Å². The molecule has 0 radical (unpaired) electrons. The topological polar surface area (TPSA) is 24.5 Å². The number of nitrogens with zero attached hydrogens (tertiary/aromatic N) is 1. The molecule has 0 aromatic carbocycles. The van der Waals surface area contributed by atoms with Gasteiger partial charge in [0.2, 0.25) is 0 Å². The summed E-state index contributed by atoms with van der Waals surface area (Å²) in [6.07, 6.45) is 2.51. The van der Waals surface area contributed by atoms with E-state index in [0.29, 0.717) is 24.7 Å². The van der Waals surface area contributed by atoms with Crippen LogP contribution in [0.15, 0.2) is 0 Å². The summed E-state index contributed by atoms with van der Waals surface area (Å²) >= 11 is 0. The molecule has 2 bridgehead atoms. The first kappa shape index (κ1) is 13.2. The average Bonchev–Trinajstić information content (AvgIpc) is 2.55. The lowest BCUT2D eigenvalue weighted by Crippen LogP contribution is -2.49. The Labute approximate surface area is 101 Å². The van der Waals surface area contributed by atoms with Crippen molar-refractivity contribution in [2.45, 2.75) is 50.2 Å². The van der Waals surface area contributed by atoms with Crippen molar-refractivity contribution < 1.29 is 13.5 Å². The zero-order chi connectivity index (χ0) is 12.3. The van der Waals surface area contributed by atoms with Gasteiger partial charge < -0.3 is 10.1 Å². The van der Waals surface area contributed by atoms with Crippen LogP contribution in [0.3, 0.4) is 0 Å². The second-order valence-corrected chi connectivity index (χ2v) is 5.05. The van der Waals surface area contributed by atoms with Crippen LogP contribution < -0.4 is 5.32 Å². The van der Waals surface area contributed by atoms with Crippen LogP contribution in [0.4, 0.5) is 8.78 Å². The summed E-state index contributed by atoms with van der Waals surface area (Å²) in [6.45, 7) is 0.808. The lowest BCUT2D eigenvalue weighted by Gasteiger charge is -2.38. The van der Waals surface area contributed by atoms with Crippen LogP contribution >= 0.6 is 0 Å². The highest BCUT2D eigenvalue weighted by atomic mass is 19.3. The molecule has 0 aromatic heterocycles. The maximum atomic E-state index is 11.9. The molecule has 2 saturated heterocycles. The number of hydrogen-bond donors (Lipinski definition) is 1. The molecule has 2 aliphatic rings. The summed E-state index contributed by atoms with van der Waals surface area (Å²) in [4.78, 5) is 2.46. The van der Waals surface area contributed by atoms with E-state index < -0.39 is 13.0 Å². The Bertz CT molecular complexity index is 227. The molecule has 2 fully saturated rings. The fourth-order valence-corrected chi connectivity index (χ4v) is 3.22. The summed E-state index contributed by atoms with van der Waals surface area (Å²) in [6, 6.07) is 1.88. The molecule has 0 spiro atoms. The Hall–Kier alpha value is -0.260. The fraction of sp³-hybridized carbons (Fsp3) is 1.00. The van der Waals surface area contributed by atoms with Gasteiger partial charge in [-0.15, -0.1) is 0 Å². The van der Waals surface area contributed by atoms with Crippen molar-refractivity contribution in [2.24, 2.45) is 0 Å². The second kappa shape index (κ2) is 6.07. The van der Waals surface area contributed by atoms with Crippen molar-refractivity contribution in [3.05, 3.63) is 0 Å². The monoisotopic (exact) mass is 248 g/mol. The van der Waals surface area contributed by atoms with Crippen LogP contribution in [0.1, 0.15) is 25.7 Å². The van der Waals surface area contributed by atoms with Crippen LogP contribution in [0.25, 0.3) is 0 Å². The minimum atomic E-state index is -2.35. The Kier molecular flexibility index (Phi) is 4.70. The predicted molar refractivity (Wildman–Crippen MR) is 62.4 cm³/mol. The first-order valence-corrected chi connectivity index (χ1v) is 6.49. The third-order valence-electron chi connectivity index (χ3n) is 4.03. The molecule has 1 N–H and O–H groups in total. The predicted octanol–water partition coefficient (Wildman–Crippen LogP) is 1.48. The molecule has 0 aliphatic carbocycles. The van der Waals surface area contributed by atoms with Gasteiger partial charge in [0, 0.05) is 24.7 Å². The Morgan fingerprint density at radius 1 is 1.29 bits per heavy atom. The van der Waals surface area contributed by atoms with Crippen molar-refractivity contribution in [1.82, 2.24) is 10.2 Å². The number of nitrogens with one attached hydrogen (secondary N) is 1. The second-order valence-electron chi connectivity index (χ2n) is 5.05. The van der Waals surface area contributed by atoms with Gasteiger partial charge >= 0.3 is 0 Å². The maximum Gasteiger partial charge on any atom is 0.261 e. The van der Waals surface area contributed by atoms with E-state index in [1.807, 2.05) is 7.05 Å². The molecule has 5 heteroatoms. The lowest BCUT2D eigenvalue weighted by atomic mass is 9.97. The Morgan fingerprint density at radius 2 is 1.94 bits per heavy atom. The summed E-state index contributed by atoms with van der Waals surface area (Å²) in [5, 5.41) is 3.35. The van der Waals surface area contributed by atoms with E-state index in [9.17, 15) is 8.78 Å². The third kappa shape index (κ3) is 3.36. The highest BCUT2D eigenvalue weighted by molar-refractivity contribution is 4.96. The van der Waals surface area contributed by atoms with E-state index in [0.717, 1.165) is 6.54 Å². The van der Waals surface area contributed by atoms with Crippen LogP contribution in [-0.2, 0) is 4.74 Å². The quantitative estimate of drug-likeness (QED) is 0.721. The molecular formula is C12H22F2N2O. The molecule has 0 aromatic rings. The van der Waals surface area contributed by atoms with Gasteiger partial charge in [0.05, 0.1) is 6.61 Å². The van der Waals surface area contributed by atoms with Crippen molar-refractivity contribution in [1.29, 1.82) is 0 Å². The minimum absolute atomic E-state index is 0.428. The highest BCUT2D eigenvalue weighted by Crippen LogP contribution is 2.35. The molecule has 3 nitrogen and oxygen atoms in total. The van der Waals surface area contributed by atoms with E-state index in [2.05, 4.69) is 10.2 Å². The largest absolute Gasteiger partial charge is 0.374 e. The number of piperidine rings is 1. The summed E-state index contributed by atoms with van der Waals surface area (Å²) in [7, 11) is 2.02. The lowest BCUT2D eigenvalue weighted by molar-refractivity contribution is -0.000212. The average molecular weight is 248 g/mol. The van der Waals surface area contributed by atoms with Gasteiger partial charge in [0.15, 0.2) is 0 Å². The van der Waals surface area contributed by atoms with E-state index in [-0.39, 0.29) is 0 Å². The number of ether oxygens (including phenoxy) is 1. The van der Waals surface area contributed by atoms with Gasteiger partial charge in [-0.25, -0.2) is 8.78 Å². The normalized spacial score (nSPS) is 33.5. The van der Waals surface area contributed by atoms with Crippen LogP contribution in [0.5, 0.6) is 0 Å². The zero-order valence-electron chi connectivity index (χ0n) is 10.4. The van der Waals surface area contributed by atoms with Crippen molar-refractivity contribution in [3.63, 3.8) is 0 Å². The Morgan fingerprint density at radius 3 is 2.47 bits per heavy atom. The first-order chi connectivity index (χ1) is 8.20. The number of alkyl halides is 2. The molecule has 2 rings (SSSR count). The number of hydrogen-bond acceptors (Lipinski definition) is 3. The van der Waals surface area contributed by atoms with Crippen LogP contribution in [0.2, 0.25) is 0 Å². The summed E-state index contributed by atoms with van der Waals surface area (Å²) < 4.78 is 28.8. The van der Waals surface area contributed by atoms with Gasteiger partial charge in [-0.1, -0.05) is 0 Å². The fourth-order valence-electron chi connectivity index (χ4n) is 3.22. The van der Waals surface area contributed by atoms with Gasteiger partial charge in [0.1, 0.15) is 6.61 Å². The molecule has 0 saturated carbocycles. The van der Waals surface area contributed by atoms with Gasteiger partial charge in [0.25, 0.3) is 6.43 Å². The van der Waals surface area contributed by atoms with E-state index in [1.54, 1.807) is 0 Å². The van der Waals surface area contributed by atoms with Crippen molar-refractivity contribution >= 4 is 0 Å². The molecule has 0 amide bonds. The SMILES string of the molecule is CNC1CC2CCC(C1)N2CCOCC(F)F. The molecule has 2 aliphatic heterocycles. The summed E-state index contributed by atoms with van der Waals surface area (Å²) in [5.74, 6) is 0. The van der Waals surface area contributed by atoms with Gasteiger partial charge in [-0.3, -0.25) is 4.90 Å². The molecule has 2 heterocycles. The van der Waals surface area contributed by atoms with E-state index in [1.165, 1.54) is 25.7 Å². The molecule has 2 unspecified atom stereocenters. The summed E-state index contributed by atoms with van der Waals surface area (Å²) in [5.41, 5.74) is 0. The van der Waals surface area contributed by atoms with E-state index in [4.69, 9.17) is 4.74 Å². The van der Waals surface area contributed by atoms with Crippen molar-refractivity contribution in [2.75, 3.05) is 26.8 Å². The smallest absolute Gasteiger partial charge is 0.261 e. The van der Waals surface area contributed by atoms with Crippen LogP contribution in [-0.4, -0.2) is 56.3 Å². The van der Waals surface area contributed by atoms with E-state index >= 15 is 0 Å². The van der Waals surface area contributed by atoms with Gasteiger partial charge in [-0.05, 0) is 32.7 Å². The van der Waals surface area contributed by atoms with Crippen molar-refractivity contribution in [3.8, 4) is 0 Å². The molecule has 100 valence electrons. The first-order valence-electron chi connectivity index (χ1n) is 6.49. The number of fused-ring (bicyclic) bond motifs is 2. The number of rotatable bonds is 6. The highest BCUT2D eigenvalue weighted by Gasteiger charge is 2.39. The molecule has 17 heavy (non-hydrogen) atoms. The zero-order valence-corrected chi connectivity index (χ0v) is 10.4. The molecular weight excluding hydrogens is 226 g/mol. The van der Waals surface area contributed by atoms with Gasteiger partial charge in [-0.2, -0.15) is 0 Å². The number of halogens is 2. The third-order valence-corrected chi connectivity index (χ3v) is 4.03.